The SMILES string of the molecule is Cc1nn(-c2ccccc2)c(C)c1CC(=O)OCC(=O)Nc1ccc2ccccc2c1. The van der Waals surface area contributed by atoms with Crippen LogP contribution in [0.25, 0.3) is 16.5 Å². The highest BCUT2D eigenvalue weighted by Gasteiger charge is 2.17. The van der Waals surface area contributed by atoms with Crippen molar-refractivity contribution in [2.24, 2.45) is 0 Å². The summed E-state index contributed by atoms with van der Waals surface area (Å²) >= 11 is 0. The number of para-hydroxylation sites is 1. The number of aromatic nitrogens is 2. The molecule has 3 aromatic carbocycles. The summed E-state index contributed by atoms with van der Waals surface area (Å²) in [4.78, 5) is 24.6. The van der Waals surface area contributed by atoms with Gasteiger partial charge in [0.15, 0.2) is 6.61 Å². The Hall–Kier alpha value is -3.93. The number of carbonyl (C=O) groups is 2. The number of nitrogens with zero attached hydrogens (tertiary/aromatic N) is 2. The van der Waals surface area contributed by atoms with Crippen molar-refractivity contribution in [3.63, 3.8) is 0 Å². The van der Waals surface area contributed by atoms with Crippen LogP contribution in [0, 0.1) is 13.8 Å². The molecule has 0 saturated carbocycles. The second kappa shape index (κ2) is 8.83. The first kappa shape index (κ1) is 20.3. The standard InChI is InChI=1S/C25H23N3O3/c1-17-23(18(2)28(27-17)22-10-4-3-5-11-22)15-25(30)31-16-24(29)26-21-13-12-19-8-6-7-9-20(19)14-21/h3-14H,15-16H2,1-2H3,(H,26,29). The molecule has 0 aliphatic heterocycles. The second-order valence-corrected chi connectivity index (χ2v) is 7.34. The molecule has 0 aliphatic rings. The normalized spacial score (nSPS) is 10.8. The number of amides is 1. The van der Waals surface area contributed by atoms with Gasteiger partial charge in [-0.2, -0.15) is 5.10 Å². The molecular weight excluding hydrogens is 390 g/mol. The Morgan fingerprint density at radius 2 is 1.65 bits per heavy atom. The van der Waals surface area contributed by atoms with Crippen LogP contribution in [0.5, 0.6) is 0 Å². The predicted molar refractivity (Wildman–Crippen MR) is 120 cm³/mol. The van der Waals surface area contributed by atoms with Crippen LogP contribution in [0.3, 0.4) is 0 Å². The number of benzene rings is 3. The molecular formula is C25H23N3O3. The van der Waals surface area contributed by atoms with Crippen molar-refractivity contribution in [1.82, 2.24) is 9.78 Å². The van der Waals surface area contributed by atoms with Crippen molar-refractivity contribution in [3.05, 3.63) is 89.7 Å². The zero-order valence-electron chi connectivity index (χ0n) is 17.5. The fraction of sp³-hybridized carbons (Fsp3) is 0.160. The molecule has 1 aromatic heterocycles. The summed E-state index contributed by atoms with van der Waals surface area (Å²) in [5, 5.41) is 9.43. The molecule has 0 radical (unpaired) electrons. The predicted octanol–water partition coefficient (Wildman–Crippen LogP) is 4.37. The summed E-state index contributed by atoms with van der Waals surface area (Å²) in [7, 11) is 0. The van der Waals surface area contributed by atoms with Gasteiger partial charge in [0.1, 0.15) is 0 Å². The minimum absolute atomic E-state index is 0.0632. The van der Waals surface area contributed by atoms with Gasteiger partial charge in [0.25, 0.3) is 5.91 Å². The molecule has 0 atom stereocenters. The maximum Gasteiger partial charge on any atom is 0.310 e. The van der Waals surface area contributed by atoms with Crippen molar-refractivity contribution in [3.8, 4) is 5.69 Å². The largest absolute Gasteiger partial charge is 0.455 e. The lowest BCUT2D eigenvalue weighted by Crippen LogP contribution is -2.21. The van der Waals surface area contributed by atoms with Crippen molar-refractivity contribution >= 4 is 28.3 Å². The van der Waals surface area contributed by atoms with Crippen molar-refractivity contribution in [1.29, 1.82) is 0 Å². The Kier molecular flexibility index (Phi) is 5.80. The molecule has 1 heterocycles. The lowest BCUT2D eigenvalue weighted by Gasteiger charge is -2.08. The number of rotatable bonds is 6. The number of carbonyl (C=O) groups excluding carboxylic acids is 2. The Balaban J connectivity index is 1.36. The molecule has 0 bridgehead atoms. The number of hydrogen-bond acceptors (Lipinski definition) is 4. The van der Waals surface area contributed by atoms with E-state index in [2.05, 4.69) is 10.4 Å². The molecule has 6 heteroatoms. The lowest BCUT2D eigenvalue weighted by molar-refractivity contribution is -0.146. The number of hydrogen-bond donors (Lipinski definition) is 1. The topological polar surface area (TPSA) is 73.2 Å². The van der Waals surface area contributed by atoms with E-state index in [0.717, 1.165) is 33.4 Å². The smallest absolute Gasteiger partial charge is 0.310 e. The molecule has 31 heavy (non-hydrogen) atoms. The molecule has 0 saturated heterocycles. The van der Waals surface area contributed by atoms with E-state index in [1.54, 1.807) is 0 Å². The van der Waals surface area contributed by atoms with E-state index in [9.17, 15) is 9.59 Å². The van der Waals surface area contributed by atoms with Gasteiger partial charge in [-0.3, -0.25) is 9.59 Å². The number of anilines is 1. The minimum atomic E-state index is -0.465. The van der Waals surface area contributed by atoms with Crippen LogP contribution in [0.15, 0.2) is 72.8 Å². The van der Waals surface area contributed by atoms with Crippen LogP contribution in [0.4, 0.5) is 5.69 Å². The monoisotopic (exact) mass is 413 g/mol. The van der Waals surface area contributed by atoms with Gasteiger partial charge >= 0.3 is 5.97 Å². The lowest BCUT2D eigenvalue weighted by atomic mass is 10.1. The van der Waals surface area contributed by atoms with Crippen LogP contribution in [-0.4, -0.2) is 28.3 Å². The van der Waals surface area contributed by atoms with E-state index < -0.39 is 5.97 Å². The quantitative estimate of drug-likeness (QED) is 0.477. The van der Waals surface area contributed by atoms with Gasteiger partial charge in [-0.1, -0.05) is 48.5 Å². The van der Waals surface area contributed by atoms with E-state index in [0.29, 0.717) is 5.69 Å². The van der Waals surface area contributed by atoms with Gasteiger partial charge in [-0.15, -0.1) is 0 Å². The average Bonchev–Trinajstić information content (AvgIpc) is 3.06. The van der Waals surface area contributed by atoms with E-state index >= 15 is 0 Å². The van der Waals surface area contributed by atoms with E-state index in [1.807, 2.05) is 91.3 Å². The molecule has 1 amide bonds. The first-order chi connectivity index (χ1) is 15.0. The number of ether oxygens (including phenoxy) is 1. The molecule has 0 unspecified atom stereocenters. The Labute approximate surface area is 180 Å². The van der Waals surface area contributed by atoms with Gasteiger partial charge in [0.05, 0.1) is 17.8 Å². The van der Waals surface area contributed by atoms with Gasteiger partial charge in [-0.05, 0) is 48.9 Å². The van der Waals surface area contributed by atoms with Crippen molar-refractivity contribution < 1.29 is 14.3 Å². The maximum atomic E-state index is 12.4. The minimum Gasteiger partial charge on any atom is -0.455 e. The molecule has 4 rings (SSSR count). The van der Waals surface area contributed by atoms with Crippen LogP contribution < -0.4 is 5.32 Å². The van der Waals surface area contributed by atoms with E-state index in [-0.39, 0.29) is 18.9 Å². The third-order valence-electron chi connectivity index (χ3n) is 5.16. The van der Waals surface area contributed by atoms with Gasteiger partial charge < -0.3 is 10.1 Å². The summed E-state index contributed by atoms with van der Waals surface area (Å²) < 4.78 is 7.01. The summed E-state index contributed by atoms with van der Waals surface area (Å²) in [6.07, 6.45) is 0.0632. The first-order valence-electron chi connectivity index (χ1n) is 10.1. The highest BCUT2D eigenvalue weighted by Crippen LogP contribution is 2.20. The molecule has 1 N–H and O–H groups in total. The highest BCUT2D eigenvalue weighted by molar-refractivity contribution is 5.95. The number of nitrogens with one attached hydrogen (secondary N) is 1. The number of fused-ring (bicyclic) bond motifs is 1. The van der Waals surface area contributed by atoms with Gasteiger partial charge in [0.2, 0.25) is 0 Å². The first-order valence-corrected chi connectivity index (χ1v) is 10.1. The number of esters is 1. The number of aryl methyl sites for hydroxylation is 1. The van der Waals surface area contributed by atoms with E-state index in [1.165, 1.54) is 0 Å². The van der Waals surface area contributed by atoms with Crippen molar-refractivity contribution in [2.75, 3.05) is 11.9 Å². The average molecular weight is 413 g/mol. The van der Waals surface area contributed by atoms with Crippen molar-refractivity contribution in [2.45, 2.75) is 20.3 Å². The molecule has 0 fully saturated rings. The Morgan fingerprint density at radius 1 is 0.935 bits per heavy atom. The third kappa shape index (κ3) is 4.64. The fourth-order valence-corrected chi connectivity index (χ4v) is 3.56. The molecule has 4 aromatic rings. The van der Waals surface area contributed by atoms with Gasteiger partial charge in [0, 0.05) is 16.9 Å². The van der Waals surface area contributed by atoms with E-state index in [4.69, 9.17) is 4.74 Å². The molecule has 0 spiro atoms. The fourth-order valence-electron chi connectivity index (χ4n) is 3.56. The molecule has 156 valence electrons. The summed E-state index contributed by atoms with van der Waals surface area (Å²) in [6, 6.07) is 23.3. The summed E-state index contributed by atoms with van der Waals surface area (Å²) in [5.41, 5.74) is 4.04. The highest BCUT2D eigenvalue weighted by atomic mass is 16.5. The van der Waals surface area contributed by atoms with Gasteiger partial charge in [-0.25, -0.2) is 4.68 Å². The summed E-state index contributed by atoms with van der Waals surface area (Å²) in [5.74, 6) is -0.843. The molecule has 0 aliphatic carbocycles. The maximum absolute atomic E-state index is 12.4. The van der Waals surface area contributed by atoms with Crippen LogP contribution in [-0.2, 0) is 20.7 Å². The zero-order valence-corrected chi connectivity index (χ0v) is 17.5. The zero-order chi connectivity index (χ0) is 21.8. The van der Waals surface area contributed by atoms with Crippen LogP contribution >= 0.6 is 0 Å². The van der Waals surface area contributed by atoms with Crippen LogP contribution in [0.2, 0.25) is 0 Å². The second-order valence-electron chi connectivity index (χ2n) is 7.34. The summed E-state index contributed by atoms with van der Waals surface area (Å²) in [6.45, 7) is 3.44. The van der Waals surface area contributed by atoms with Crippen LogP contribution in [0.1, 0.15) is 17.0 Å². The Morgan fingerprint density at radius 3 is 2.42 bits per heavy atom. The third-order valence-corrected chi connectivity index (χ3v) is 5.16. The Bertz CT molecular complexity index is 1250. The molecule has 6 nitrogen and oxygen atoms in total.